The first kappa shape index (κ1) is 10.4. The second-order valence-electron chi connectivity index (χ2n) is 3.23. The number of aliphatic hydroxyl groups excluding tert-OH is 1. The summed E-state index contributed by atoms with van der Waals surface area (Å²) in [5, 5.41) is 9.34. The molecule has 0 saturated carbocycles. The first-order valence-electron chi connectivity index (χ1n) is 3.83. The van der Waals surface area contributed by atoms with Gasteiger partial charge in [-0.3, -0.25) is 4.79 Å². The number of ketones is 1. The average molecular weight is 156 g/mol. The van der Waals surface area contributed by atoms with Crippen LogP contribution in [0.25, 0.3) is 0 Å². The fourth-order valence-electron chi connectivity index (χ4n) is 0.823. The summed E-state index contributed by atoms with van der Waals surface area (Å²) in [4.78, 5) is 10.7. The van der Waals surface area contributed by atoms with Gasteiger partial charge in [0, 0.05) is 5.57 Å². The van der Waals surface area contributed by atoms with Gasteiger partial charge >= 0.3 is 0 Å². The van der Waals surface area contributed by atoms with Gasteiger partial charge in [-0.2, -0.15) is 0 Å². The minimum Gasteiger partial charge on any atom is -0.388 e. The molecule has 0 spiro atoms. The van der Waals surface area contributed by atoms with Crippen molar-refractivity contribution in [3.05, 3.63) is 12.2 Å². The van der Waals surface area contributed by atoms with Gasteiger partial charge < -0.3 is 5.11 Å². The fourth-order valence-corrected chi connectivity index (χ4v) is 0.823. The SMILES string of the molecule is C=C(C(C)=O)C(O)CC(C)C. The van der Waals surface area contributed by atoms with Crippen LogP contribution in [0.3, 0.4) is 0 Å². The van der Waals surface area contributed by atoms with Crippen LogP contribution >= 0.6 is 0 Å². The Kier molecular flexibility index (Phi) is 4.04. The lowest BCUT2D eigenvalue weighted by Crippen LogP contribution is -2.17. The summed E-state index contributed by atoms with van der Waals surface area (Å²) in [7, 11) is 0. The van der Waals surface area contributed by atoms with E-state index in [0.29, 0.717) is 17.9 Å². The van der Waals surface area contributed by atoms with E-state index in [1.54, 1.807) is 0 Å². The van der Waals surface area contributed by atoms with Crippen molar-refractivity contribution in [1.29, 1.82) is 0 Å². The van der Waals surface area contributed by atoms with E-state index in [9.17, 15) is 9.90 Å². The first-order valence-corrected chi connectivity index (χ1v) is 3.83. The van der Waals surface area contributed by atoms with Crippen molar-refractivity contribution in [2.24, 2.45) is 5.92 Å². The molecule has 1 atom stereocenters. The molecular formula is C9H16O2. The van der Waals surface area contributed by atoms with Crippen LogP contribution in [-0.2, 0) is 4.79 Å². The molecule has 2 nitrogen and oxygen atoms in total. The Bertz CT molecular complexity index is 159. The van der Waals surface area contributed by atoms with Gasteiger partial charge in [-0.15, -0.1) is 0 Å². The molecule has 0 bridgehead atoms. The lowest BCUT2D eigenvalue weighted by Gasteiger charge is -2.12. The molecule has 0 aliphatic rings. The van der Waals surface area contributed by atoms with Crippen molar-refractivity contribution in [2.45, 2.75) is 33.3 Å². The Balaban J connectivity index is 3.93. The number of hydrogen-bond acceptors (Lipinski definition) is 2. The van der Waals surface area contributed by atoms with Crippen molar-refractivity contribution in [3.63, 3.8) is 0 Å². The molecule has 0 fully saturated rings. The van der Waals surface area contributed by atoms with Gasteiger partial charge in [0.05, 0.1) is 6.10 Å². The van der Waals surface area contributed by atoms with E-state index in [-0.39, 0.29) is 5.78 Å². The van der Waals surface area contributed by atoms with E-state index < -0.39 is 6.10 Å². The molecule has 0 aromatic heterocycles. The van der Waals surface area contributed by atoms with Gasteiger partial charge in [-0.1, -0.05) is 20.4 Å². The molecular weight excluding hydrogens is 140 g/mol. The number of rotatable bonds is 4. The third-order valence-corrected chi connectivity index (χ3v) is 1.55. The van der Waals surface area contributed by atoms with Gasteiger partial charge in [-0.25, -0.2) is 0 Å². The number of carbonyl (C=O) groups is 1. The normalized spacial score (nSPS) is 13.2. The second-order valence-corrected chi connectivity index (χ2v) is 3.23. The highest BCUT2D eigenvalue weighted by atomic mass is 16.3. The van der Waals surface area contributed by atoms with Crippen LogP contribution in [0.1, 0.15) is 27.2 Å². The van der Waals surface area contributed by atoms with Gasteiger partial charge in [0.1, 0.15) is 0 Å². The van der Waals surface area contributed by atoms with Crippen LogP contribution in [0, 0.1) is 5.92 Å². The van der Waals surface area contributed by atoms with E-state index in [1.807, 2.05) is 13.8 Å². The largest absolute Gasteiger partial charge is 0.388 e. The molecule has 11 heavy (non-hydrogen) atoms. The Morgan fingerprint density at radius 2 is 2.00 bits per heavy atom. The maximum atomic E-state index is 10.7. The highest BCUT2D eigenvalue weighted by molar-refractivity contribution is 5.93. The predicted octanol–water partition coefficient (Wildman–Crippen LogP) is 1.54. The van der Waals surface area contributed by atoms with Crippen LogP contribution in [0.5, 0.6) is 0 Å². The zero-order chi connectivity index (χ0) is 9.02. The zero-order valence-corrected chi connectivity index (χ0v) is 7.42. The topological polar surface area (TPSA) is 37.3 Å². The predicted molar refractivity (Wildman–Crippen MR) is 45.3 cm³/mol. The van der Waals surface area contributed by atoms with Crippen molar-refractivity contribution in [2.75, 3.05) is 0 Å². The molecule has 0 amide bonds. The molecule has 2 heteroatoms. The summed E-state index contributed by atoms with van der Waals surface area (Å²) in [5.41, 5.74) is 0.318. The van der Waals surface area contributed by atoms with Gasteiger partial charge in [0.2, 0.25) is 0 Å². The standard InChI is InChI=1S/C9H16O2/c1-6(2)5-9(11)7(3)8(4)10/h6,9,11H,3,5H2,1-2,4H3. The molecule has 0 saturated heterocycles. The van der Waals surface area contributed by atoms with Crippen LogP contribution in [0.2, 0.25) is 0 Å². The smallest absolute Gasteiger partial charge is 0.157 e. The molecule has 0 aliphatic carbocycles. The minimum absolute atomic E-state index is 0.127. The second kappa shape index (κ2) is 4.29. The Labute approximate surface area is 67.9 Å². The van der Waals surface area contributed by atoms with Gasteiger partial charge in [0.15, 0.2) is 5.78 Å². The molecule has 1 N–H and O–H groups in total. The van der Waals surface area contributed by atoms with Gasteiger partial charge in [-0.05, 0) is 19.3 Å². The number of hydrogen-bond donors (Lipinski definition) is 1. The highest BCUT2D eigenvalue weighted by Crippen LogP contribution is 2.11. The average Bonchev–Trinajstić information content (AvgIpc) is 1.84. The summed E-state index contributed by atoms with van der Waals surface area (Å²) in [5.74, 6) is 0.263. The molecule has 0 radical (unpaired) electrons. The van der Waals surface area contributed by atoms with Crippen LogP contribution < -0.4 is 0 Å². The molecule has 0 aromatic carbocycles. The molecule has 0 aliphatic heterocycles. The monoisotopic (exact) mass is 156 g/mol. The van der Waals surface area contributed by atoms with Crippen LogP contribution in [0.4, 0.5) is 0 Å². The molecule has 1 unspecified atom stereocenters. The van der Waals surface area contributed by atoms with E-state index in [1.165, 1.54) is 6.92 Å². The van der Waals surface area contributed by atoms with Crippen molar-refractivity contribution in [1.82, 2.24) is 0 Å². The Morgan fingerprint density at radius 1 is 1.55 bits per heavy atom. The zero-order valence-electron chi connectivity index (χ0n) is 7.42. The van der Waals surface area contributed by atoms with Crippen LogP contribution in [0.15, 0.2) is 12.2 Å². The maximum Gasteiger partial charge on any atom is 0.157 e. The summed E-state index contributed by atoms with van der Waals surface area (Å²) in [6.07, 6.45) is -0.0502. The third kappa shape index (κ3) is 3.94. The quantitative estimate of drug-likeness (QED) is 0.627. The number of Topliss-reactive ketones (excluding diaryl/α,β-unsaturated/α-hetero) is 1. The van der Waals surface area contributed by atoms with E-state index in [4.69, 9.17) is 0 Å². The van der Waals surface area contributed by atoms with Gasteiger partial charge in [0.25, 0.3) is 0 Å². The van der Waals surface area contributed by atoms with Crippen molar-refractivity contribution >= 4 is 5.78 Å². The molecule has 0 aromatic rings. The summed E-state index contributed by atoms with van der Waals surface area (Å²) >= 11 is 0. The van der Waals surface area contributed by atoms with E-state index in [0.717, 1.165) is 0 Å². The molecule has 64 valence electrons. The summed E-state index contributed by atoms with van der Waals surface area (Å²) in [6, 6.07) is 0. The van der Waals surface area contributed by atoms with E-state index in [2.05, 4.69) is 6.58 Å². The lowest BCUT2D eigenvalue weighted by atomic mass is 9.99. The van der Waals surface area contributed by atoms with E-state index >= 15 is 0 Å². The summed E-state index contributed by atoms with van der Waals surface area (Å²) in [6.45, 7) is 8.92. The molecule has 0 rings (SSSR count). The maximum absolute atomic E-state index is 10.7. The molecule has 0 heterocycles. The third-order valence-electron chi connectivity index (χ3n) is 1.55. The number of carbonyl (C=O) groups excluding carboxylic acids is 1. The van der Waals surface area contributed by atoms with Crippen LogP contribution in [-0.4, -0.2) is 17.0 Å². The van der Waals surface area contributed by atoms with Crippen molar-refractivity contribution in [3.8, 4) is 0 Å². The fraction of sp³-hybridized carbons (Fsp3) is 0.667. The lowest BCUT2D eigenvalue weighted by molar-refractivity contribution is -0.114. The highest BCUT2D eigenvalue weighted by Gasteiger charge is 2.13. The first-order chi connectivity index (χ1) is 4.95. The summed E-state index contributed by atoms with van der Waals surface area (Å²) < 4.78 is 0. The Hall–Kier alpha value is -0.630. The minimum atomic E-state index is -0.660. The van der Waals surface area contributed by atoms with Crippen molar-refractivity contribution < 1.29 is 9.90 Å². The Morgan fingerprint density at radius 3 is 2.27 bits per heavy atom. The number of aliphatic hydroxyl groups is 1.